The number of nitrogens with zero attached hydrogens (tertiary/aromatic N) is 5. The number of carbonyl (C=O) groups excluding carboxylic acids is 3. The van der Waals surface area contributed by atoms with E-state index < -0.39 is 103 Å². The quantitative estimate of drug-likeness (QED) is 0.0394. The average molecular weight is 1100 g/mol. The molecule has 0 radical (unpaired) electrons. The largest absolute Gasteiger partial charge is 0.457 e. The number of aliphatic hydroxyl groups is 2. The number of amides is 1. The summed E-state index contributed by atoms with van der Waals surface area (Å²) in [6.45, 7) is 17.8. The number of halogens is 1. The lowest BCUT2D eigenvalue weighted by Crippen LogP contribution is -2.61. The van der Waals surface area contributed by atoms with E-state index in [4.69, 9.17) is 37.6 Å². The number of esters is 1. The van der Waals surface area contributed by atoms with Gasteiger partial charge in [-0.05, 0) is 91.9 Å². The number of alkyl halides is 1. The molecule has 2 aromatic heterocycles. The van der Waals surface area contributed by atoms with Crippen molar-refractivity contribution in [1.29, 1.82) is 0 Å². The highest BCUT2D eigenvalue weighted by atomic mass is 32.1. The number of cyclic esters (lactones) is 1. The van der Waals surface area contributed by atoms with Gasteiger partial charge < -0.3 is 43.6 Å². The second kappa shape index (κ2) is 27.3. The summed E-state index contributed by atoms with van der Waals surface area (Å²) in [5.41, 5.74) is -5.30. The molecule has 2 aromatic rings. The molecule has 23 heteroatoms. The van der Waals surface area contributed by atoms with Crippen LogP contribution in [0.5, 0.6) is 0 Å². The lowest BCUT2D eigenvalue weighted by Gasteiger charge is -2.47. The zero-order valence-electron chi connectivity index (χ0n) is 46.0. The first kappa shape index (κ1) is 62.2. The molecule has 0 saturated carbocycles. The number of ketones is 1. The number of likely N-dealkylation sites (N-methyl/N-ethyl adjacent to an activating group) is 1. The van der Waals surface area contributed by atoms with Gasteiger partial charge in [-0.2, -0.15) is 0 Å². The molecule has 1 amide bonds. The minimum atomic E-state index is -3.67. The van der Waals surface area contributed by atoms with Crippen LogP contribution in [0.2, 0.25) is 0 Å². The summed E-state index contributed by atoms with van der Waals surface area (Å²) in [6, 6.07) is 3.12. The summed E-state index contributed by atoms with van der Waals surface area (Å²) in [7, 11) is -0.0423. The van der Waals surface area contributed by atoms with Gasteiger partial charge in [0.25, 0.3) is 5.67 Å². The summed E-state index contributed by atoms with van der Waals surface area (Å²) in [4.78, 5) is 63.4. The van der Waals surface area contributed by atoms with Crippen molar-refractivity contribution in [2.24, 2.45) is 27.9 Å². The third-order valence-corrected chi connectivity index (χ3v) is 16.6. The average Bonchev–Trinajstić information content (AvgIpc) is 3.82. The van der Waals surface area contributed by atoms with Crippen molar-refractivity contribution in [1.82, 2.24) is 14.9 Å². The molecule has 0 unspecified atom stereocenters. The maximum absolute atomic E-state index is 17.1. The van der Waals surface area contributed by atoms with E-state index in [1.165, 1.54) is 25.2 Å². The van der Waals surface area contributed by atoms with Gasteiger partial charge in [0.05, 0.1) is 56.0 Å². The number of ether oxygens (including phenoxy) is 5. The van der Waals surface area contributed by atoms with Gasteiger partial charge in [0.15, 0.2) is 18.7 Å². The number of fused-ring (bicyclic) bond motifs is 5. The summed E-state index contributed by atoms with van der Waals surface area (Å²) in [5.74, 6) is -5.82. The molecule has 20 nitrogen and oxygen atoms in total. The number of aliphatic hydroxyl groups excluding tert-OH is 1. The van der Waals surface area contributed by atoms with Crippen LogP contribution in [0.4, 0.5) is 10.2 Å². The number of hydrogen-bond donors (Lipinski definition) is 3. The third kappa shape index (κ3) is 15.8. The first-order valence-electron chi connectivity index (χ1n) is 26.3. The third-order valence-electron chi connectivity index (χ3n) is 14.2. The van der Waals surface area contributed by atoms with Gasteiger partial charge in [0.2, 0.25) is 5.91 Å². The van der Waals surface area contributed by atoms with Crippen LogP contribution in [-0.4, -0.2) is 154 Å². The fourth-order valence-electron chi connectivity index (χ4n) is 9.83. The fourth-order valence-corrected chi connectivity index (χ4v) is 12.0. The van der Waals surface area contributed by atoms with Gasteiger partial charge in [-0.25, -0.2) is 23.7 Å². The standard InChI is InChI=1S/C52H82FN6O14PS/c1-14-18-22-69-74(65,70-23-19-15-2)58-40-30-75-47(55-40)35-20-21-36(54-26-35)29-68-57-37-27-66-46-33(7)42(56-41(60)17-4)31(5)25-50(9,67-28-37)45(73-48-43(61)38(59(12)13)24-32(6)71-48)34(8)44(62)51(10,53)49(63)72-39(16-3)52(46,11)64/h20-21,26,30-34,38-39,43,45-46,48,61,64H,14-19,22-25,27-29H2,1-13H3,(H,58,65)/b56-42?,57-37+/t31-,32-,33+,34+,38+,39-,43-,45-,46-,48+,50-,51+,52-/m1/s1. The molecule has 0 aromatic carbocycles. The Kier molecular flexibility index (Phi) is 22.6. The normalized spacial score (nSPS) is 33.7. The number of unbranched alkanes of at least 4 members (excludes halogenated alkanes) is 2. The molecule has 3 saturated heterocycles. The molecule has 0 aliphatic carbocycles. The van der Waals surface area contributed by atoms with E-state index in [0.717, 1.165) is 32.6 Å². The summed E-state index contributed by atoms with van der Waals surface area (Å²) >= 11 is 1.32. The van der Waals surface area contributed by atoms with Gasteiger partial charge in [-0.15, -0.1) is 11.3 Å². The van der Waals surface area contributed by atoms with E-state index in [0.29, 0.717) is 34.2 Å². The fraction of sp³-hybridized carbons (Fsp3) is 0.750. The lowest BCUT2D eigenvalue weighted by molar-refractivity contribution is -0.296. The Labute approximate surface area is 445 Å². The first-order valence-corrected chi connectivity index (χ1v) is 28.7. The number of aromatic nitrogens is 2. The monoisotopic (exact) mass is 1100 g/mol. The topological polar surface area (TPSA) is 248 Å². The van der Waals surface area contributed by atoms with Gasteiger partial charge in [0.1, 0.15) is 34.3 Å². The van der Waals surface area contributed by atoms with E-state index in [1.807, 2.05) is 52.8 Å². The molecular weight excluding hydrogens is 1010 g/mol. The Bertz CT molecular complexity index is 2310. The maximum Gasteiger partial charge on any atom is 0.433 e. The van der Waals surface area contributed by atoms with Crippen LogP contribution in [0.3, 0.4) is 0 Å². The number of thiazole rings is 1. The molecule has 75 heavy (non-hydrogen) atoms. The van der Waals surface area contributed by atoms with E-state index in [9.17, 15) is 29.2 Å². The van der Waals surface area contributed by atoms with E-state index in [2.05, 4.69) is 25.2 Å². The van der Waals surface area contributed by atoms with Crippen molar-refractivity contribution in [3.63, 3.8) is 0 Å². The Hall–Kier alpha value is -3.67. The first-order chi connectivity index (χ1) is 35.3. The Morgan fingerprint density at radius 1 is 1.03 bits per heavy atom. The predicted molar refractivity (Wildman–Crippen MR) is 282 cm³/mol. The summed E-state index contributed by atoms with van der Waals surface area (Å²) < 4.78 is 74.1. The number of hydrogen-bond acceptors (Lipinski definition) is 19. The Morgan fingerprint density at radius 2 is 1.71 bits per heavy atom. The minimum Gasteiger partial charge on any atom is -0.457 e. The zero-order valence-corrected chi connectivity index (χ0v) is 47.7. The highest BCUT2D eigenvalue weighted by Crippen LogP contribution is 2.49. The number of aliphatic imine (C=N–C) groups is 1. The molecule has 3 aliphatic heterocycles. The lowest BCUT2D eigenvalue weighted by atomic mass is 9.73. The molecule has 5 rings (SSSR count). The van der Waals surface area contributed by atoms with Crippen molar-refractivity contribution in [2.75, 3.05) is 45.6 Å². The van der Waals surface area contributed by atoms with E-state index in [-0.39, 0.29) is 58.0 Å². The number of oxime groups is 1. The van der Waals surface area contributed by atoms with E-state index in [1.54, 1.807) is 45.3 Å². The second-order valence-corrected chi connectivity index (χ2v) is 23.4. The van der Waals surface area contributed by atoms with Crippen molar-refractivity contribution < 1.29 is 71.1 Å². The minimum absolute atomic E-state index is 0.0235. The van der Waals surface area contributed by atoms with Crippen LogP contribution in [0, 0.1) is 17.8 Å². The maximum atomic E-state index is 17.1. The molecular formula is C52H82FN6O14PS. The molecule has 3 N–H and O–H groups in total. The number of pyridine rings is 1. The van der Waals surface area contributed by atoms with Gasteiger partial charge in [0, 0.05) is 47.2 Å². The summed E-state index contributed by atoms with van der Waals surface area (Å²) in [6.07, 6.45) is -1.88. The number of rotatable bonds is 19. The van der Waals surface area contributed by atoms with Crippen LogP contribution < -0.4 is 5.09 Å². The Balaban J connectivity index is 1.54. The second-order valence-electron chi connectivity index (χ2n) is 20.8. The molecule has 2 bridgehead atoms. The van der Waals surface area contributed by atoms with Crippen molar-refractivity contribution in [3.05, 3.63) is 29.4 Å². The number of nitrogens with one attached hydrogen (secondary N) is 1. The van der Waals surface area contributed by atoms with Crippen molar-refractivity contribution in [2.45, 2.75) is 194 Å². The van der Waals surface area contributed by atoms with E-state index >= 15 is 4.39 Å². The number of anilines is 1. The molecule has 3 aliphatic rings. The molecule has 13 atom stereocenters. The number of Topliss-reactive ketones (excluding diaryl/α,β-unsaturated/α-hetero) is 1. The molecule has 0 spiro atoms. The molecule has 5 heterocycles. The van der Waals surface area contributed by atoms with Crippen LogP contribution >= 0.6 is 19.1 Å². The molecule has 3 fully saturated rings. The highest BCUT2D eigenvalue weighted by molar-refractivity contribution is 7.55. The Morgan fingerprint density at radius 3 is 2.31 bits per heavy atom. The summed E-state index contributed by atoms with van der Waals surface area (Å²) in [5, 5.41) is 34.0. The smallest absolute Gasteiger partial charge is 0.433 e. The van der Waals surface area contributed by atoms with Crippen LogP contribution in [-0.2, 0) is 63.1 Å². The van der Waals surface area contributed by atoms with Crippen LogP contribution in [0.1, 0.15) is 133 Å². The molecule has 422 valence electrons. The number of carbonyl (C=O) groups is 3. The van der Waals surface area contributed by atoms with Gasteiger partial charge in [-0.3, -0.25) is 28.7 Å². The van der Waals surface area contributed by atoms with Crippen molar-refractivity contribution in [3.8, 4) is 10.6 Å². The van der Waals surface area contributed by atoms with Gasteiger partial charge >= 0.3 is 13.7 Å². The zero-order chi connectivity index (χ0) is 55.5. The SMILES string of the molecule is CCCCOP(=O)(Nc1csc(-c2ccc(CO/N=C3\CO[C@@H]4[C@@H](C)C(=NC(=O)CC)[C@H](C)C[C@@](C)(OC3)[C@H](O[C@@H]3O[C@H](C)C[C@H](N(C)C)[C@H]3O)[C@@H](C)C(=O)[C@](C)(F)C(=O)O[C@H](CC)[C@@]4(C)O)nc2)n1)OCCCC. The van der Waals surface area contributed by atoms with Crippen LogP contribution in [0.25, 0.3) is 10.6 Å². The highest BCUT2D eigenvalue weighted by Gasteiger charge is 2.57. The van der Waals surface area contributed by atoms with Crippen LogP contribution in [0.15, 0.2) is 33.9 Å². The van der Waals surface area contributed by atoms with Crippen molar-refractivity contribution >= 4 is 54.0 Å². The predicted octanol–water partition coefficient (Wildman–Crippen LogP) is 8.28. The van der Waals surface area contributed by atoms with Gasteiger partial charge in [-0.1, -0.05) is 66.5 Å².